The molecule has 34 heavy (non-hydrogen) atoms. The van der Waals surface area contributed by atoms with Gasteiger partial charge in [0.2, 0.25) is 6.43 Å². The lowest BCUT2D eigenvalue weighted by molar-refractivity contribution is -0.140. The van der Waals surface area contributed by atoms with Gasteiger partial charge < -0.3 is 10.3 Å². The Hall–Kier alpha value is -3.28. The number of fused-ring (bicyclic) bond motifs is 2. The molecule has 0 radical (unpaired) electrons. The van der Waals surface area contributed by atoms with Gasteiger partial charge in [0.1, 0.15) is 18.2 Å². The number of nitrogens with zero attached hydrogens (tertiary/aromatic N) is 4. The minimum Gasteiger partial charge on any atom is -0.326 e. The van der Waals surface area contributed by atoms with E-state index in [2.05, 4.69) is 4.98 Å². The number of aromatic nitrogens is 4. The number of nitrogens with two attached hydrogens (primary N) is 1. The summed E-state index contributed by atoms with van der Waals surface area (Å²) >= 11 is 0. The highest BCUT2D eigenvalue weighted by molar-refractivity contribution is 5.78. The summed E-state index contributed by atoms with van der Waals surface area (Å²) in [6.45, 7) is -1.41. The Labute approximate surface area is 189 Å². The number of aryl methyl sites for hydroxylation is 1. The van der Waals surface area contributed by atoms with Crippen LogP contribution in [0.3, 0.4) is 0 Å². The number of benzene rings is 2. The average Bonchev–Trinajstić information content (AvgIpc) is 3.22. The van der Waals surface area contributed by atoms with E-state index in [1.54, 1.807) is 22.8 Å². The fourth-order valence-electron chi connectivity index (χ4n) is 4.05. The molecule has 0 unspecified atom stereocenters. The van der Waals surface area contributed by atoms with Crippen LogP contribution in [-0.2, 0) is 26.2 Å². The molecule has 0 fully saturated rings. The van der Waals surface area contributed by atoms with Crippen molar-refractivity contribution in [2.75, 3.05) is 0 Å². The molecule has 0 atom stereocenters. The van der Waals surface area contributed by atoms with Crippen molar-refractivity contribution in [3.05, 3.63) is 64.1 Å². The third kappa shape index (κ3) is 4.81. The summed E-state index contributed by atoms with van der Waals surface area (Å²) in [4.78, 5) is 17.5. The van der Waals surface area contributed by atoms with Crippen LogP contribution in [-0.4, -0.2) is 31.3 Å². The maximum Gasteiger partial charge on any atom is 0.406 e. The van der Waals surface area contributed by atoms with Crippen LogP contribution in [0.5, 0.6) is 0 Å². The van der Waals surface area contributed by atoms with E-state index in [9.17, 15) is 31.1 Å². The lowest BCUT2D eigenvalue weighted by atomic mass is 10.2. The standard InChI is InChI=1S/C22H21F6N5O/c23-14-4-6-17-18(9-14)32(21(34)33(17)12-22(26,27)28)11-20-30-15-8-13(10-29)3-5-16(15)31(20)7-1-2-19(24)25/h3-6,8-9,19H,1-2,7,10-12,29H2. The lowest BCUT2D eigenvalue weighted by Gasteiger charge is -2.10. The molecule has 0 aliphatic heterocycles. The highest BCUT2D eigenvalue weighted by Crippen LogP contribution is 2.24. The first kappa shape index (κ1) is 23.9. The van der Waals surface area contributed by atoms with Crippen LogP contribution in [0.2, 0.25) is 0 Å². The molecule has 2 N–H and O–H groups in total. The van der Waals surface area contributed by atoms with Gasteiger partial charge in [0.25, 0.3) is 0 Å². The molecule has 4 aromatic rings. The molecule has 0 amide bonds. The fourth-order valence-corrected chi connectivity index (χ4v) is 4.05. The molecule has 182 valence electrons. The van der Waals surface area contributed by atoms with Gasteiger partial charge in [-0.3, -0.25) is 9.13 Å². The minimum absolute atomic E-state index is 0.0249. The van der Waals surface area contributed by atoms with Crippen molar-refractivity contribution in [3.63, 3.8) is 0 Å². The maximum atomic E-state index is 14.0. The first-order valence-corrected chi connectivity index (χ1v) is 10.5. The van der Waals surface area contributed by atoms with E-state index >= 15 is 0 Å². The van der Waals surface area contributed by atoms with E-state index in [0.717, 1.165) is 28.3 Å². The molecule has 0 aliphatic carbocycles. The van der Waals surface area contributed by atoms with Crippen LogP contribution >= 0.6 is 0 Å². The van der Waals surface area contributed by atoms with E-state index in [1.165, 1.54) is 0 Å². The van der Waals surface area contributed by atoms with Crippen LogP contribution in [0.1, 0.15) is 24.2 Å². The molecule has 2 aromatic heterocycles. The maximum absolute atomic E-state index is 14.0. The normalized spacial score (nSPS) is 12.5. The fraction of sp³-hybridized carbons (Fsp3) is 0.364. The van der Waals surface area contributed by atoms with E-state index in [0.29, 0.717) is 15.6 Å². The SMILES string of the molecule is NCc1ccc2c(c1)nc(Cn1c(=O)n(CC(F)(F)F)c3ccc(F)cc31)n2CCCC(F)F. The quantitative estimate of drug-likeness (QED) is 0.376. The monoisotopic (exact) mass is 485 g/mol. The molecule has 0 saturated heterocycles. The van der Waals surface area contributed by atoms with E-state index in [1.807, 2.05) is 0 Å². The molecule has 0 saturated carbocycles. The van der Waals surface area contributed by atoms with Crippen molar-refractivity contribution in [1.29, 1.82) is 0 Å². The van der Waals surface area contributed by atoms with Crippen molar-refractivity contribution in [2.45, 2.75) is 51.6 Å². The zero-order chi connectivity index (χ0) is 24.6. The van der Waals surface area contributed by atoms with Gasteiger partial charge in [-0.15, -0.1) is 0 Å². The first-order chi connectivity index (χ1) is 16.1. The van der Waals surface area contributed by atoms with Crippen LogP contribution in [0.15, 0.2) is 41.2 Å². The number of hydrogen-bond acceptors (Lipinski definition) is 3. The Bertz CT molecular complexity index is 1380. The van der Waals surface area contributed by atoms with Crippen molar-refractivity contribution in [3.8, 4) is 0 Å². The summed E-state index contributed by atoms with van der Waals surface area (Å²) in [5.74, 6) is -0.445. The third-order valence-corrected chi connectivity index (χ3v) is 5.55. The van der Waals surface area contributed by atoms with Crippen LogP contribution in [0.4, 0.5) is 26.3 Å². The first-order valence-electron chi connectivity index (χ1n) is 10.5. The predicted octanol–water partition coefficient (Wildman–Crippen LogP) is 4.41. The molecule has 4 rings (SSSR count). The summed E-state index contributed by atoms with van der Waals surface area (Å²) in [6.07, 6.45) is -7.39. The second-order valence-corrected chi connectivity index (χ2v) is 7.94. The van der Waals surface area contributed by atoms with Crippen molar-refractivity contribution in [1.82, 2.24) is 18.7 Å². The molecule has 0 bridgehead atoms. The summed E-state index contributed by atoms with van der Waals surface area (Å²) in [5, 5.41) is 0. The van der Waals surface area contributed by atoms with Gasteiger partial charge in [0.05, 0.1) is 28.6 Å². The predicted molar refractivity (Wildman–Crippen MR) is 114 cm³/mol. The third-order valence-electron chi connectivity index (χ3n) is 5.55. The smallest absolute Gasteiger partial charge is 0.326 e. The molecule has 12 heteroatoms. The molecule has 6 nitrogen and oxygen atoms in total. The molecule has 2 heterocycles. The van der Waals surface area contributed by atoms with Gasteiger partial charge in [-0.05, 0) is 42.3 Å². The Morgan fingerprint density at radius 3 is 2.38 bits per heavy atom. The number of imidazole rings is 2. The van der Waals surface area contributed by atoms with Crippen molar-refractivity contribution in [2.24, 2.45) is 5.73 Å². The summed E-state index contributed by atoms with van der Waals surface area (Å²) in [5.41, 5.74) is 6.49. The van der Waals surface area contributed by atoms with Gasteiger partial charge in [-0.25, -0.2) is 22.9 Å². The van der Waals surface area contributed by atoms with Gasteiger partial charge in [0.15, 0.2) is 0 Å². The Kier molecular flexibility index (Phi) is 6.43. The van der Waals surface area contributed by atoms with Crippen LogP contribution in [0, 0.1) is 5.82 Å². The van der Waals surface area contributed by atoms with Gasteiger partial charge in [-0.2, -0.15) is 13.2 Å². The van der Waals surface area contributed by atoms with Crippen LogP contribution < -0.4 is 11.4 Å². The lowest BCUT2D eigenvalue weighted by Crippen LogP contribution is -2.30. The van der Waals surface area contributed by atoms with Gasteiger partial charge >= 0.3 is 11.9 Å². The average molecular weight is 485 g/mol. The summed E-state index contributed by atoms with van der Waals surface area (Å²) < 4.78 is 81.9. The Morgan fingerprint density at radius 2 is 1.71 bits per heavy atom. The van der Waals surface area contributed by atoms with E-state index in [4.69, 9.17) is 5.73 Å². The van der Waals surface area contributed by atoms with Gasteiger partial charge in [-0.1, -0.05) is 6.07 Å². The zero-order valence-electron chi connectivity index (χ0n) is 17.8. The highest BCUT2D eigenvalue weighted by atomic mass is 19.4. The largest absolute Gasteiger partial charge is 0.406 e. The highest BCUT2D eigenvalue weighted by Gasteiger charge is 2.31. The summed E-state index contributed by atoms with van der Waals surface area (Å²) in [6, 6.07) is 8.29. The number of hydrogen-bond donors (Lipinski definition) is 1. The van der Waals surface area contributed by atoms with Crippen molar-refractivity contribution < 1.29 is 26.3 Å². The van der Waals surface area contributed by atoms with Gasteiger partial charge in [0, 0.05) is 19.5 Å². The topological polar surface area (TPSA) is 70.8 Å². The van der Waals surface area contributed by atoms with Crippen LogP contribution in [0.25, 0.3) is 22.1 Å². The molecule has 0 spiro atoms. The minimum atomic E-state index is -4.67. The summed E-state index contributed by atoms with van der Waals surface area (Å²) in [7, 11) is 0. The zero-order valence-corrected chi connectivity index (χ0v) is 17.8. The Balaban J connectivity index is 1.84. The number of rotatable bonds is 8. The number of halogens is 6. The molecule has 2 aromatic carbocycles. The van der Waals surface area contributed by atoms with Crippen molar-refractivity contribution >= 4 is 22.1 Å². The number of alkyl halides is 5. The van der Waals surface area contributed by atoms with E-state index in [-0.39, 0.29) is 49.3 Å². The second kappa shape index (κ2) is 9.16. The molecule has 0 aliphatic rings. The molecular weight excluding hydrogens is 464 g/mol. The van der Waals surface area contributed by atoms with E-state index < -0.39 is 30.7 Å². The molecular formula is C22H21F6N5O. The Morgan fingerprint density at radius 1 is 0.971 bits per heavy atom. The second-order valence-electron chi connectivity index (χ2n) is 7.94.